The summed E-state index contributed by atoms with van der Waals surface area (Å²) in [5.74, 6) is -1.72. The summed E-state index contributed by atoms with van der Waals surface area (Å²) in [7, 11) is 1.22. The number of aromatic carboxylic acids is 1. The lowest BCUT2D eigenvalue weighted by Gasteiger charge is -2.11. The molecule has 0 amide bonds. The highest BCUT2D eigenvalue weighted by Gasteiger charge is 2.17. The fraction of sp³-hybridized carbons (Fsp3) is 0.273. The maximum atomic E-state index is 11.3. The van der Waals surface area contributed by atoms with Crippen LogP contribution in [0.15, 0.2) is 18.2 Å². The van der Waals surface area contributed by atoms with Gasteiger partial charge in [-0.1, -0.05) is 0 Å². The van der Waals surface area contributed by atoms with Gasteiger partial charge in [0, 0.05) is 0 Å². The number of aliphatic hydroxyl groups excluding tert-OH is 1. The quantitative estimate of drug-likeness (QED) is 0.754. The van der Waals surface area contributed by atoms with Gasteiger partial charge in [0.05, 0.1) is 24.3 Å². The van der Waals surface area contributed by atoms with E-state index in [0.717, 1.165) is 0 Å². The van der Waals surface area contributed by atoms with E-state index in [9.17, 15) is 14.7 Å². The van der Waals surface area contributed by atoms with Gasteiger partial charge < -0.3 is 14.9 Å². The summed E-state index contributed by atoms with van der Waals surface area (Å²) >= 11 is 0. The molecule has 0 bridgehead atoms. The number of rotatable bonds is 3. The lowest BCUT2D eigenvalue weighted by atomic mass is 10.00. The van der Waals surface area contributed by atoms with Crippen molar-refractivity contribution in [1.29, 1.82) is 0 Å². The number of hydrogen-bond donors (Lipinski definition) is 2. The van der Waals surface area contributed by atoms with Gasteiger partial charge in [0.25, 0.3) is 0 Å². The molecule has 0 aliphatic carbocycles. The molecule has 1 aromatic carbocycles. The van der Waals surface area contributed by atoms with Crippen molar-refractivity contribution >= 4 is 11.9 Å². The number of carbonyl (C=O) groups excluding carboxylic acids is 1. The van der Waals surface area contributed by atoms with E-state index in [1.807, 2.05) is 0 Å². The van der Waals surface area contributed by atoms with Crippen LogP contribution < -0.4 is 0 Å². The number of carbonyl (C=O) groups is 2. The fourth-order valence-electron chi connectivity index (χ4n) is 1.34. The molecule has 0 aliphatic heterocycles. The molecule has 1 atom stereocenters. The molecule has 16 heavy (non-hydrogen) atoms. The van der Waals surface area contributed by atoms with Crippen LogP contribution in [0.2, 0.25) is 0 Å². The molecule has 1 aromatic rings. The van der Waals surface area contributed by atoms with Crippen LogP contribution in [-0.4, -0.2) is 29.3 Å². The molecule has 0 spiro atoms. The average molecular weight is 224 g/mol. The van der Waals surface area contributed by atoms with Crippen LogP contribution in [-0.2, 0) is 4.74 Å². The minimum atomic E-state index is -1.11. The summed E-state index contributed by atoms with van der Waals surface area (Å²) in [6, 6.07) is 3.89. The molecule has 0 saturated carbocycles. The second kappa shape index (κ2) is 4.76. The van der Waals surface area contributed by atoms with E-state index >= 15 is 0 Å². The first kappa shape index (κ1) is 12.2. The van der Waals surface area contributed by atoms with Crippen LogP contribution >= 0.6 is 0 Å². The second-order valence-corrected chi connectivity index (χ2v) is 3.27. The van der Waals surface area contributed by atoms with E-state index in [0.29, 0.717) is 0 Å². The van der Waals surface area contributed by atoms with Crippen molar-refractivity contribution < 1.29 is 24.5 Å². The molecule has 0 radical (unpaired) electrons. The molecule has 0 saturated heterocycles. The Labute approximate surface area is 92.3 Å². The Hall–Kier alpha value is -1.88. The van der Waals surface area contributed by atoms with Gasteiger partial charge in [-0.25, -0.2) is 9.59 Å². The maximum absolute atomic E-state index is 11.3. The van der Waals surface area contributed by atoms with Crippen LogP contribution in [0.1, 0.15) is 39.3 Å². The van der Waals surface area contributed by atoms with E-state index in [1.165, 1.54) is 32.2 Å². The highest BCUT2D eigenvalue weighted by Crippen LogP contribution is 2.20. The Balaban J connectivity index is 3.30. The van der Waals surface area contributed by atoms with Crippen LogP contribution in [0.4, 0.5) is 0 Å². The van der Waals surface area contributed by atoms with Crippen molar-refractivity contribution in [2.24, 2.45) is 0 Å². The van der Waals surface area contributed by atoms with Gasteiger partial charge in [0.2, 0.25) is 0 Å². The summed E-state index contributed by atoms with van der Waals surface area (Å²) in [5.41, 5.74) is 0.429. The molecule has 0 aliphatic rings. The number of benzene rings is 1. The smallest absolute Gasteiger partial charge is 0.338 e. The van der Waals surface area contributed by atoms with Crippen LogP contribution in [0, 0.1) is 0 Å². The third-order valence-electron chi connectivity index (χ3n) is 2.15. The van der Waals surface area contributed by atoms with Gasteiger partial charge in [-0.05, 0) is 30.7 Å². The van der Waals surface area contributed by atoms with Gasteiger partial charge in [0.15, 0.2) is 0 Å². The summed E-state index contributed by atoms with van der Waals surface area (Å²) < 4.78 is 4.53. The summed E-state index contributed by atoms with van der Waals surface area (Å²) in [6.45, 7) is 1.45. The summed E-state index contributed by atoms with van der Waals surface area (Å²) in [5, 5.41) is 18.2. The Morgan fingerprint density at radius 2 is 2.00 bits per heavy atom. The Morgan fingerprint density at radius 1 is 1.38 bits per heavy atom. The number of hydrogen-bond acceptors (Lipinski definition) is 4. The third kappa shape index (κ3) is 2.38. The normalized spacial score (nSPS) is 11.9. The van der Waals surface area contributed by atoms with Gasteiger partial charge in [-0.2, -0.15) is 0 Å². The number of ether oxygens (including phenoxy) is 1. The molecule has 5 heteroatoms. The zero-order valence-electron chi connectivity index (χ0n) is 8.93. The Kier molecular flexibility index (Phi) is 3.63. The second-order valence-electron chi connectivity index (χ2n) is 3.27. The Bertz CT molecular complexity index is 422. The standard InChI is InChI=1S/C11H12O5/c1-6(12)9-5-7(10(13)14)3-4-8(9)11(15)16-2/h3-6,12H,1-2H3,(H,13,14). The van der Waals surface area contributed by atoms with Crippen molar-refractivity contribution in [3.63, 3.8) is 0 Å². The average Bonchev–Trinajstić information content (AvgIpc) is 2.26. The van der Waals surface area contributed by atoms with E-state index in [4.69, 9.17) is 5.11 Å². The molecule has 0 heterocycles. The SMILES string of the molecule is COC(=O)c1ccc(C(=O)O)cc1C(C)O. The fourth-order valence-corrected chi connectivity index (χ4v) is 1.34. The van der Waals surface area contributed by atoms with Crippen molar-refractivity contribution in [1.82, 2.24) is 0 Å². The number of aliphatic hydroxyl groups is 1. The van der Waals surface area contributed by atoms with E-state index in [-0.39, 0.29) is 16.7 Å². The number of carboxylic acids is 1. The first-order valence-corrected chi connectivity index (χ1v) is 4.61. The zero-order valence-corrected chi connectivity index (χ0v) is 8.93. The van der Waals surface area contributed by atoms with Gasteiger partial charge in [-0.15, -0.1) is 0 Å². The number of carboxylic acid groups (broad SMARTS) is 1. The van der Waals surface area contributed by atoms with Crippen molar-refractivity contribution in [2.45, 2.75) is 13.0 Å². The van der Waals surface area contributed by atoms with Crippen LogP contribution in [0.5, 0.6) is 0 Å². The summed E-state index contributed by atoms with van der Waals surface area (Å²) in [4.78, 5) is 22.1. The highest BCUT2D eigenvalue weighted by molar-refractivity contribution is 5.94. The molecule has 2 N–H and O–H groups in total. The predicted octanol–water partition coefficient (Wildman–Crippen LogP) is 1.22. The maximum Gasteiger partial charge on any atom is 0.338 e. The van der Waals surface area contributed by atoms with E-state index < -0.39 is 18.0 Å². The van der Waals surface area contributed by atoms with Crippen molar-refractivity contribution in [2.75, 3.05) is 7.11 Å². The molecule has 5 nitrogen and oxygen atoms in total. The topological polar surface area (TPSA) is 83.8 Å². The highest BCUT2D eigenvalue weighted by atomic mass is 16.5. The van der Waals surface area contributed by atoms with Crippen LogP contribution in [0.3, 0.4) is 0 Å². The number of methoxy groups -OCH3 is 1. The Morgan fingerprint density at radius 3 is 2.44 bits per heavy atom. The molecule has 1 rings (SSSR count). The first-order valence-electron chi connectivity index (χ1n) is 4.61. The minimum absolute atomic E-state index is 0.0172. The van der Waals surface area contributed by atoms with Crippen molar-refractivity contribution in [3.8, 4) is 0 Å². The van der Waals surface area contributed by atoms with E-state index in [2.05, 4.69) is 4.74 Å². The lowest BCUT2D eigenvalue weighted by molar-refractivity contribution is 0.0591. The number of esters is 1. The van der Waals surface area contributed by atoms with Crippen LogP contribution in [0.25, 0.3) is 0 Å². The molecule has 0 fully saturated rings. The largest absolute Gasteiger partial charge is 0.478 e. The van der Waals surface area contributed by atoms with Gasteiger partial charge in [0.1, 0.15) is 0 Å². The molecular formula is C11H12O5. The van der Waals surface area contributed by atoms with Gasteiger partial charge in [-0.3, -0.25) is 0 Å². The third-order valence-corrected chi connectivity index (χ3v) is 2.15. The molecular weight excluding hydrogens is 212 g/mol. The van der Waals surface area contributed by atoms with E-state index in [1.54, 1.807) is 0 Å². The van der Waals surface area contributed by atoms with Crippen molar-refractivity contribution in [3.05, 3.63) is 34.9 Å². The molecule has 86 valence electrons. The minimum Gasteiger partial charge on any atom is -0.478 e. The predicted molar refractivity (Wildman–Crippen MR) is 55.4 cm³/mol. The summed E-state index contributed by atoms with van der Waals surface area (Å²) in [6.07, 6.45) is -0.937. The zero-order chi connectivity index (χ0) is 12.3. The monoisotopic (exact) mass is 224 g/mol. The molecule has 0 aromatic heterocycles. The molecule has 1 unspecified atom stereocenters. The lowest BCUT2D eigenvalue weighted by Crippen LogP contribution is -2.09. The van der Waals surface area contributed by atoms with Gasteiger partial charge >= 0.3 is 11.9 Å². The first-order chi connectivity index (χ1) is 7.47.